The number of benzene rings is 1. The van der Waals surface area contributed by atoms with E-state index in [9.17, 15) is 0 Å². The van der Waals surface area contributed by atoms with Gasteiger partial charge in [0.05, 0.1) is 6.61 Å². The number of ether oxygens (including phenoxy) is 1. The van der Waals surface area contributed by atoms with Crippen molar-refractivity contribution in [3.8, 4) is 5.75 Å². The molecule has 1 aromatic rings. The zero-order valence-corrected chi connectivity index (χ0v) is 15.7. The van der Waals surface area contributed by atoms with Crippen molar-refractivity contribution in [2.24, 2.45) is 11.3 Å². The van der Waals surface area contributed by atoms with Gasteiger partial charge in [-0.15, -0.1) is 0 Å². The monoisotopic (exact) mass is 355 g/mol. The first-order valence-corrected chi connectivity index (χ1v) is 8.75. The summed E-state index contributed by atoms with van der Waals surface area (Å²) in [5.41, 5.74) is 1.67. The van der Waals surface area contributed by atoms with Crippen molar-refractivity contribution in [3.63, 3.8) is 0 Å². The molecule has 0 saturated heterocycles. The van der Waals surface area contributed by atoms with Crippen LogP contribution in [0.4, 0.5) is 0 Å². The van der Waals surface area contributed by atoms with Gasteiger partial charge in [-0.25, -0.2) is 0 Å². The number of halogens is 1. The number of hydrogen-bond acceptors (Lipinski definition) is 2. The van der Waals surface area contributed by atoms with Crippen LogP contribution in [0.15, 0.2) is 22.7 Å². The molecule has 0 radical (unpaired) electrons. The third-order valence-corrected chi connectivity index (χ3v) is 4.30. The topological polar surface area (TPSA) is 21.3 Å². The normalized spacial score (nSPS) is 12.0. The molecule has 0 aliphatic heterocycles. The fraction of sp³-hybridized carbons (Fsp3) is 0.667. The molecule has 21 heavy (non-hydrogen) atoms. The average Bonchev–Trinajstić information content (AvgIpc) is 2.37. The molecule has 1 rings (SSSR count). The minimum Gasteiger partial charge on any atom is -0.494 e. The highest BCUT2D eigenvalue weighted by Gasteiger charge is 2.18. The van der Waals surface area contributed by atoms with Gasteiger partial charge >= 0.3 is 0 Å². The molecule has 0 bridgehead atoms. The Labute approximate surface area is 138 Å². The molecule has 1 N–H and O–H groups in total. The van der Waals surface area contributed by atoms with E-state index in [1.54, 1.807) is 0 Å². The fourth-order valence-electron chi connectivity index (χ4n) is 2.25. The summed E-state index contributed by atoms with van der Waals surface area (Å²) < 4.78 is 6.67. The van der Waals surface area contributed by atoms with E-state index in [-0.39, 0.29) is 0 Å². The Morgan fingerprint density at radius 3 is 2.57 bits per heavy atom. The van der Waals surface area contributed by atoms with Gasteiger partial charge in [-0.2, -0.15) is 0 Å². The predicted molar refractivity (Wildman–Crippen MR) is 95.1 cm³/mol. The summed E-state index contributed by atoms with van der Waals surface area (Å²) in [6.07, 6.45) is 2.26. The first kappa shape index (κ1) is 18.5. The highest BCUT2D eigenvalue weighted by atomic mass is 79.9. The molecule has 0 amide bonds. The van der Waals surface area contributed by atoms with Gasteiger partial charge in [0.25, 0.3) is 0 Å². The van der Waals surface area contributed by atoms with Crippen molar-refractivity contribution < 1.29 is 4.74 Å². The molecule has 1 aromatic carbocycles. The van der Waals surface area contributed by atoms with Crippen LogP contribution in [0.5, 0.6) is 5.75 Å². The van der Waals surface area contributed by atoms with E-state index in [0.717, 1.165) is 29.7 Å². The zero-order chi connectivity index (χ0) is 15.9. The SMILES string of the molecule is CCOc1ccc(CCC(C)(C)CNCC(C)C)c(Br)c1. The quantitative estimate of drug-likeness (QED) is 0.668. The second-order valence-corrected chi connectivity index (χ2v) is 7.73. The lowest BCUT2D eigenvalue weighted by Gasteiger charge is -2.26. The van der Waals surface area contributed by atoms with E-state index in [1.807, 2.05) is 6.92 Å². The average molecular weight is 356 g/mol. The van der Waals surface area contributed by atoms with E-state index in [4.69, 9.17) is 4.74 Å². The maximum absolute atomic E-state index is 5.52. The lowest BCUT2D eigenvalue weighted by Crippen LogP contribution is -2.32. The Morgan fingerprint density at radius 1 is 1.29 bits per heavy atom. The molecular weight excluding hydrogens is 326 g/mol. The van der Waals surface area contributed by atoms with Crippen LogP contribution in [0.25, 0.3) is 0 Å². The maximum atomic E-state index is 5.52. The predicted octanol–water partition coefficient (Wildman–Crippen LogP) is 5.05. The third kappa shape index (κ3) is 7.32. The molecule has 120 valence electrons. The second kappa shape index (κ2) is 8.79. The number of rotatable bonds is 9. The summed E-state index contributed by atoms with van der Waals surface area (Å²) in [7, 11) is 0. The van der Waals surface area contributed by atoms with Crippen molar-refractivity contribution in [2.45, 2.75) is 47.5 Å². The Kier molecular flexibility index (Phi) is 7.75. The van der Waals surface area contributed by atoms with Crippen LogP contribution in [0.2, 0.25) is 0 Å². The van der Waals surface area contributed by atoms with Crippen LogP contribution in [0.1, 0.15) is 46.6 Å². The van der Waals surface area contributed by atoms with Crippen molar-refractivity contribution >= 4 is 15.9 Å². The van der Waals surface area contributed by atoms with E-state index in [1.165, 1.54) is 12.0 Å². The van der Waals surface area contributed by atoms with Crippen LogP contribution in [0.3, 0.4) is 0 Å². The summed E-state index contributed by atoms with van der Waals surface area (Å²) in [4.78, 5) is 0. The minimum atomic E-state index is 0.312. The number of hydrogen-bond donors (Lipinski definition) is 1. The van der Waals surface area contributed by atoms with Crippen LogP contribution in [-0.2, 0) is 6.42 Å². The van der Waals surface area contributed by atoms with Crippen molar-refractivity contribution in [1.29, 1.82) is 0 Å². The first-order chi connectivity index (χ1) is 9.84. The molecule has 0 fully saturated rings. The van der Waals surface area contributed by atoms with Gasteiger partial charge in [-0.1, -0.05) is 49.7 Å². The summed E-state index contributed by atoms with van der Waals surface area (Å²) in [5.74, 6) is 1.65. The Morgan fingerprint density at radius 2 is 2.00 bits per heavy atom. The molecule has 0 heterocycles. The van der Waals surface area contributed by atoms with Crippen molar-refractivity contribution in [2.75, 3.05) is 19.7 Å². The summed E-state index contributed by atoms with van der Waals surface area (Å²) >= 11 is 3.66. The van der Waals surface area contributed by atoms with Crippen molar-refractivity contribution in [1.82, 2.24) is 5.32 Å². The van der Waals surface area contributed by atoms with Crippen LogP contribution < -0.4 is 10.1 Å². The standard InChI is InChI=1S/C18H30BrNO/c1-6-21-16-8-7-15(17(19)11-16)9-10-18(4,5)13-20-12-14(2)3/h7-8,11,14,20H,6,9-10,12-13H2,1-5H3. The van der Waals surface area contributed by atoms with E-state index in [0.29, 0.717) is 17.9 Å². The first-order valence-electron chi connectivity index (χ1n) is 7.96. The Hall–Kier alpha value is -0.540. The summed E-state index contributed by atoms with van der Waals surface area (Å²) in [6, 6.07) is 6.31. The van der Waals surface area contributed by atoms with Gasteiger partial charge in [0.1, 0.15) is 5.75 Å². The highest BCUT2D eigenvalue weighted by Crippen LogP contribution is 2.28. The minimum absolute atomic E-state index is 0.312. The molecule has 0 unspecified atom stereocenters. The molecule has 0 spiro atoms. The van der Waals surface area contributed by atoms with Crippen LogP contribution >= 0.6 is 15.9 Å². The van der Waals surface area contributed by atoms with E-state index >= 15 is 0 Å². The van der Waals surface area contributed by atoms with Gasteiger partial charge in [0.2, 0.25) is 0 Å². The second-order valence-electron chi connectivity index (χ2n) is 6.88. The Balaban J connectivity index is 2.49. The van der Waals surface area contributed by atoms with E-state index in [2.05, 4.69) is 67.1 Å². The summed E-state index contributed by atoms with van der Waals surface area (Å²) in [6.45, 7) is 14.0. The molecule has 2 nitrogen and oxygen atoms in total. The third-order valence-electron chi connectivity index (χ3n) is 3.56. The van der Waals surface area contributed by atoms with Gasteiger partial charge in [-0.05, 0) is 55.3 Å². The van der Waals surface area contributed by atoms with Gasteiger partial charge in [-0.3, -0.25) is 0 Å². The smallest absolute Gasteiger partial charge is 0.120 e. The molecule has 3 heteroatoms. The largest absolute Gasteiger partial charge is 0.494 e. The van der Waals surface area contributed by atoms with Crippen LogP contribution in [0, 0.1) is 11.3 Å². The number of aryl methyl sites for hydroxylation is 1. The van der Waals surface area contributed by atoms with Crippen molar-refractivity contribution in [3.05, 3.63) is 28.2 Å². The molecular formula is C18H30BrNO. The van der Waals surface area contributed by atoms with Gasteiger partial charge in [0.15, 0.2) is 0 Å². The van der Waals surface area contributed by atoms with Gasteiger partial charge in [0, 0.05) is 11.0 Å². The molecule has 0 atom stereocenters. The fourth-order valence-corrected chi connectivity index (χ4v) is 2.80. The van der Waals surface area contributed by atoms with Gasteiger partial charge < -0.3 is 10.1 Å². The lowest BCUT2D eigenvalue weighted by molar-refractivity contribution is 0.308. The van der Waals surface area contributed by atoms with Crippen LogP contribution in [-0.4, -0.2) is 19.7 Å². The maximum Gasteiger partial charge on any atom is 0.120 e. The Bertz CT molecular complexity index is 429. The lowest BCUT2D eigenvalue weighted by atomic mass is 9.86. The zero-order valence-electron chi connectivity index (χ0n) is 14.1. The molecule has 0 aromatic heterocycles. The van der Waals surface area contributed by atoms with E-state index < -0.39 is 0 Å². The highest BCUT2D eigenvalue weighted by molar-refractivity contribution is 9.10. The molecule has 0 saturated carbocycles. The number of nitrogens with one attached hydrogen (secondary N) is 1. The molecule has 0 aliphatic rings. The summed E-state index contributed by atoms with van der Waals surface area (Å²) in [5, 5.41) is 3.57. The molecule has 0 aliphatic carbocycles.